The van der Waals surface area contributed by atoms with E-state index in [0.717, 1.165) is 17.2 Å². The summed E-state index contributed by atoms with van der Waals surface area (Å²) in [6.07, 6.45) is -0.272. The molecule has 0 aliphatic heterocycles. The fourth-order valence-corrected chi connectivity index (χ4v) is 6.31. The van der Waals surface area contributed by atoms with Gasteiger partial charge in [0.05, 0.1) is 0 Å². The Kier molecular flexibility index (Phi) is 5.80. The van der Waals surface area contributed by atoms with Gasteiger partial charge in [-0.15, -0.1) is 0 Å². The van der Waals surface area contributed by atoms with Crippen LogP contribution in [0.3, 0.4) is 0 Å². The molecule has 0 N–H and O–H groups in total. The van der Waals surface area contributed by atoms with Crippen molar-refractivity contribution in [2.24, 2.45) is 0 Å². The third-order valence-corrected chi connectivity index (χ3v) is 7.66. The van der Waals surface area contributed by atoms with Gasteiger partial charge in [-0.2, -0.15) is 0 Å². The lowest BCUT2D eigenvalue weighted by atomic mass is 10.2. The first-order chi connectivity index (χ1) is 15.7. The van der Waals surface area contributed by atoms with E-state index in [0.29, 0.717) is 6.61 Å². The highest BCUT2D eigenvalue weighted by Gasteiger charge is 2.22. The second-order valence-electron chi connectivity index (χ2n) is 7.48. The van der Waals surface area contributed by atoms with Crippen LogP contribution in [-0.4, -0.2) is 12.9 Å². The first-order valence-corrected chi connectivity index (χ1v) is 12.0. The van der Waals surface area contributed by atoms with Gasteiger partial charge in [0.1, 0.15) is 17.2 Å². The summed E-state index contributed by atoms with van der Waals surface area (Å²) < 4.78 is 20.0. The van der Waals surface area contributed by atoms with Crippen LogP contribution < -0.4 is 9.47 Å². The Labute approximate surface area is 190 Å². The van der Waals surface area contributed by atoms with Crippen LogP contribution in [0.1, 0.15) is 13.8 Å². The molecule has 0 spiro atoms. The minimum absolute atomic E-state index is 0.0901. The van der Waals surface area contributed by atoms with Gasteiger partial charge < -0.3 is 14.2 Å². The molecule has 0 saturated carbocycles. The molecular formula is C28H25O3S+. The first-order valence-electron chi connectivity index (χ1n) is 10.8. The zero-order chi connectivity index (χ0) is 21.9. The Bertz CT molecular complexity index is 1280. The van der Waals surface area contributed by atoms with Crippen molar-refractivity contribution in [1.82, 2.24) is 0 Å². The van der Waals surface area contributed by atoms with E-state index in [2.05, 4.69) is 60.7 Å². The molecule has 5 aromatic rings. The molecule has 0 bridgehead atoms. The number of hydrogen-bond donors (Lipinski definition) is 0. The zero-order valence-electron chi connectivity index (χ0n) is 18.2. The fraction of sp³-hybridized carbons (Fsp3) is 0.143. The van der Waals surface area contributed by atoms with Gasteiger partial charge in [-0.1, -0.05) is 24.3 Å². The summed E-state index contributed by atoms with van der Waals surface area (Å²) >= 11 is 0. The van der Waals surface area contributed by atoms with Crippen LogP contribution in [0.5, 0.6) is 17.2 Å². The largest absolute Gasteiger partial charge is 0.465 e. The summed E-state index contributed by atoms with van der Waals surface area (Å²) in [5.74, 6) is 2.34. The molecular weight excluding hydrogens is 416 g/mol. The molecule has 4 heteroatoms. The summed E-state index contributed by atoms with van der Waals surface area (Å²) in [5, 5.41) is 2.68. The quantitative estimate of drug-likeness (QED) is 0.188. The zero-order valence-corrected chi connectivity index (χ0v) is 19.0. The second-order valence-corrected chi connectivity index (χ2v) is 9.45. The average molecular weight is 442 g/mol. The maximum atomic E-state index is 6.06. The Balaban J connectivity index is 1.38. The van der Waals surface area contributed by atoms with Gasteiger partial charge in [0, 0.05) is 40.0 Å². The first kappa shape index (κ1) is 20.6. The molecule has 0 aliphatic carbocycles. The smallest absolute Gasteiger partial charge is 0.196 e. The Morgan fingerprint density at radius 2 is 1.16 bits per heavy atom. The number of benzene rings is 4. The Hall–Kier alpha value is -3.34. The van der Waals surface area contributed by atoms with Crippen molar-refractivity contribution in [3.05, 3.63) is 97.1 Å². The van der Waals surface area contributed by atoms with Crippen LogP contribution in [0.4, 0.5) is 0 Å². The predicted molar refractivity (Wildman–Crippen MR) is 134 cm³/mol. The van der Waals surface area contributed by atoms with Gasteiger partial charge in [0.15, 0.2) is 20.6 Å². The molecule has 0 aliphatic rings. The fourth-order valence-electron chi connectivity index (χ4n) is 3.93. The van der Waals surface area contributed by atoms with Crippen LogP contribution in [0.25, 0.3) is 25.1 Å². The van der Waals surface area contributed by atoms with Gasteiger partial charge in [-0.25, -0.2) is 0 Å². The van der Waals surface area contributed by atoms with Crippen molar-refractivity contribution in [3.8, 4) is 22.1 Å². The SMILES string of the molecule is CCOC(C)Oc1ccc(Oc2ccc(-[s+]3c4ccccc4c4ccccc43)cc2)cc1. The highest BCUT2D eigenvalue weighted by atomic mass is 32.2. The topological polar surface area (TPSA) is 27.7 Å². The van der Waals surface area contributed by atoms with E-state index < -0.39 is 0 Å². The molecule has 1 unspecified atom stereocenters. The van der Waals surface area contributed by atoms with Crippen molar-refractivity contribution in [2.45, 2.75) is 20.1 Å². The van der Waals surface area contributed by atoms with Crippen LogP contribution in [0.2, 0.25) is 0 Å². The molecule has 0 fully saturated rings. The minimum atomic E-state index is -0.272. The third-order valence-electron chi connectivity index (χ3n) is 5.33. The molecule has 0 saturated heterocycles. The van der Waals surface area contributed by atoms with E-state index in [-0.39, 0.29) is 16.8 Å². The van der Waals surface area contributed by atoms with Gasteiger partial charge >= 0.3 is 0 Å². The summed E-state index contributed by atoms with van der Waals surface area (Å²) in [6, 6.07) is 33.5. The Morgan fingerprint density at radius 3 is 1.72 bits per heavy atom. The van der Waals surface area contributed by atoms with Gasteiger partial charge in [-0.3, -0.25) is 0 Å². The number of hydrogen-bond acceptors (Lipinski definition) is 3. The molecule has 0 amide bonds. The van der Waals surface area contributed by atoms with Crippen LogP contribution in [0, 0.1) is 0 Å². The van der Waals surface area contributed by atoms with Crippen molar-refractivity contribution in [3.63, 3.8) is 0 Å². The van der Waals surface area contributed by atoms with Crippen molar-refractivity contribution < 1.29 is 14.2 Å². The van der Waals surface area contributed by atoms with Gasteiger partial charge in [-0.05, 0) is 74.5 Å². The summed E-state index contributed by atoms with van der Waals surface area (Å²) in [6.45, 7) is 4.46. The molecule has 3 nitrogen and oxygen atoms in total. The molecule has 4 aromatic carbocycles. The van der Waals surface area contributed by atoms with Crippen LogP contribution in [-0.2, 0) is 4.74 Å². The summed E-state index contributed by atoms with van der Waals surface area (Å²) in [7, 11) is -0.0901. The maximum Gasteiger partial charge on any atom is 0.196 e. The van der Waals surface area contributed by atoms with Crippen molar-refractivity contribution >= 4 is 30.6 Å². The highest BCUT2D eigenvalue weighted by Crippen LogP contribution is 2.48. The van der Waals surface area contributed by atoms with E-state index in [1.807, 2.05) is 50.2 Å². The van der Waals surface area contributed by atoms with Crippen molar-refractivity contribution in [2.75, 3.05) is 6.61 Å². The summed E-state index contributed by atoms with van der Waals surface area (Å²) in [4.78, 5) is 1.29. The van der Waals surface area contributed by atoms with Gasteiger partial charge in [0.2, 0.25) is 0 Å². The summed E-state index contributed by atoms with van der Waals surface area (Å²) in [5.41, 5.74) is 0. The van der Waals surface area contributed by atoms with E-state index in [4.69, 9.17) is 14.2 Å². The number of ether oxygens (including phenoxy) is 3. The van der Waals surface area contributed by atoms with E-state index in [9.17, 15) is 0 Å². The lowest BCUT2D eigenvalue weighted by Gasteiger charge is -2.14. The molecule has 32 heavy (non-hydrogen) atoms. The van der Waals surface area contributed by atoms with Crippen LogP contribution >= 0.6 is 10.5 Å². The third kappa shape index (κ3) is 4.07. The molecule has 1 aromatic heterocycles. The van der Waals surface area contributed by atoms with Crippen molar-refractivity contribution in [1.29, 1.82) is 0 Å². The molecule has 5 rings (SSSR count). The molecule has 1 heterocycles. The number of thiophene rings is 1. The Morgan fingerprint density at radius 1 is 0.656 bits per heavy atom. The van der Waals surface area contributed by atoms with Crippen LogP contribution in [0.15, 0.2) is 97.1 Å². The normalized spacial score (nSPS) is 12.2. The number of fused-ring (bicyclic) bond motifs is 3. The monoisotopic (exact) mass is 441 g/mol. The maximum absolute atomic E-state index is 6.06. The molecule has 160 valence electrons. The minimum Gasteiger partial charge on any atom is -0.465 e. The van der Waals surface area contributed by atoms with E-state index >= 15 is 0 Å². The number of rotatable bonds is 7. The molecule has 0 radical (unpaired) electrons. The average Bonchev–Trinajstić information content (AvgIpc) is 3.16. The molecule has 1 atom stereocenters. The van der Waals surface area contributed by atoms with E-state index in [1.165, 1.54) is 25.1 Å². The van der Waals surface area contributed by atoms with Gasteiger partial charge in [0.25, 0.3) is 0 Å². The second kappa shape index (κ2) is 9.03. The predicted octanol–water partition coefficient (Wildman–Crippen LogP) is 8.28. The van der Waals surface area contributed by atoms with E-state index in [1.54, 1.807) is 0 Å². The lowest BCUT2D eigenvalue weighted by molar-refractivity contribution is -0.0613. The highest BCUT2D eigenvalue weighted by molar-refractivity contribution is 7.50. The standard InChI is InChI=1S/C28H25O3S/c1-3-29-20(2)30-21-12-14-22(15-13-21)31-23-16-18-24(19-17-23)32-27-10-6-4-8-25(27)26-9-5-7-11-28(26)32/h4-20H,3H2,1-2H3/q+1. The lowest BCUT2D eigenvalue weighted by Crippen LogP contribution is -2.15.